The fourth-order valence-electron chi connectivity index (χ4n) is 2.64. The third-order valence-electron chi connectivity index (χ3n) is 3.92. The van der Waals surface area contributed by atoms with Crippen molar-refractivity contribution in [2.24, 2.45) is 5.92 Å². The molecular weight excluding hydrogens is 264 g/mol. The summed E-state index contributed by atoms with van der Waals surface area (Å²) in [5.74, 6) is 0.196. The van der Waals surface area contributed by atoms with E-state index in [2.05, 4.69) is 17.2 Å². The third kappa shape index (κ3) is 3.64. The molecule has 1 amide bonds. The highest BCUT2D eigenvalue weighted by molar-refractivity contribution is 5.99. The summed E-state index contributed by atoms with van der Waals surface area (Å²) in [6, 6.07) is 5.72. The molecule has 2 unspecified atom stereocenters. The Morgan fingerprint density at radius 3 is 2.71 bits per heavy atom. The molecule has 4 nitrogen and oxygen atoms in total. The molecule has 0 aliphatic carbocycles. The minimum absolute atomic E-state index is 0.0624. The number of fused-ring (bicyclic) bond motifs is 1. The SMILES string of the molecule is Cc1[nH]c2ccc(C(=O)NCC(C)CC(C)O)cc2c1C. The number of hydrogen-bond donors (Lipinski definition) is 3. The van der Waals surface area contributed by atoms with Gasteiger partial charge in [-0.15, -0.1) is 0 Å². The van der Waals surface area contributed by atoms with Gasteiger partial charge in [-0.05, 0) is 56.9 Å². The number of aromatic amines is 1. The van der Waals surface area contributed by atoms with E-state index in [9.17, 15) is 9.90 Å². The number of aliphatic hydroxyl groups is 1. The average Bonchev–Trinajstić information content (AvgIpc) is 2.70. The number of H-pyrrole nitrogens is 1. The number of aromatic nitrogens is 1. The summed E-state index contributed by atoms with van der Waals surface area (Å²) >= 11 is 0. The summed E-state index contributed by atoms with van der Waals surface area (Å²) in [4.78, 5) is 15.5. The first-order chi connectivity index (χ1) is 9.88. The largest absolute Gasteiger partial charge is 0.393 e. The Bertz CT molecular complexity index is 644. The minimum atomic E-state index is -0.335. The quantitative estimate of drug-likeness (QED) is 0.792. The fourth-order valence-corrected chi connectivity index (χ4v) is 2.64. The Morgan fingerprint density at radius 1 is 1.33 bits per heavy atom. The standard InChI is InChI=1S/C17H24N2O2/c1-10(7-11(2)20)9-18-17(21)14-5-6-16-15(8-14)12(3)13(4)19-16/h5-6,8,10-11,19-20H,7,9H2,1-4H3,(H,18,21). The molecule has 0 aliphatic rings. The molecule has 0 spiro atoms. The van der Waals surface area contributed by atoms with Crippen LogP contribution in [0.1, 0.15) is 41.9 Å². The summed E-state index contributed by atoms with van der Waals surface area (Å²) in [5, 5.41) is 13.4. The maximum Gasteiger partial charge on any atom is 0.251 e. The van der Waals surface area contributed by atoms with Crippen molar-refractivity contribution in [1.29, 1.82) is 0 Å². The number of carbonyl (C=O) groups is 1. The van der Waals surface area contributed by atoms with Crippen molar-refractivity contribution in [3.8, 4) is 0 Å². The molecule has 1 heterocycles. The van der Waals surface area contributed by atoms with E-state index in [0.717, 1.165) is 16.6 Å². The molecule has 0 radical (unpaired) electrons. The van der Waals surface area contributed by atoms with Crippen molar-refractivity contribution < 1.29 is 9.90 Å². The lowest BCUT2D eigenvalue weighted by Gasteiger charge is -2.14. The maximum absolute atomic E-state index is 12.2. The van der Waals surface area contributed by atoms with E-state index in [4.69, 9.17) is 0 Å². The maximum atomic E-state index is 12.2. The second kappa shape index (κ2) is 6.31. The number of hydrogen-bond acceptors (Lipinski definition) is 2. The molecular formula is C17H24N2O2. The second-order valence-electron chi connectivity index (χ2n) is 6.04. The fraction of sp³-hybridized carbons (Fsp3) is 0.471. The van der Waals surface area contributed by atoms with Crippen LogP contribution in [0, 0.1) is 19.8 Å². The van der Waals surface area contributed by atoms with Gasteiger partial charge in [0.1, 0.15) is 0 Å². The number of aliphatic hydroxyl groups excluding tert-OH is 1. The molecule has 3 N–H and O–H groups in total. The van der Waals surface area contributed by atoms with Crippen molar-refractivity contribution in [2.45, 2.75) is 40.2 Å². The molecule has 0 aliphatic heterocycles. The van der Waals surface area contributed by atoms with Gasteiger partial charge in [0, 0.05) is 28.7 Å². The molecule has 114 valence electrons. The number of benzene rings is 1. The van der Waals surface area contributed by atoms with Crippen LogP contribution in [0.4, 0.5) is 0 Å². The second-order valence-corrected chi connectivity index (χ2v) is 6.04. The van der Waals surface area contributed by atoms with E-state index in [1.807, 2.05) is 32.0 Å². The van der Waals surface area contributed by atoms with Gasteiger partial charge in [-0.1, -0.05) is 6.92 Å². The monoisotopic (exact) mass is 288 g/mol. The van der Waals surface area contributed by atoms with E-state index in [0.29, 0.717) is 18.5 Å². The summed E-state index contributed by atoms with van der Waals surface area (Å²) in [6.45, 7) is 8.46. The smallest absolute Gasteiger partial charge is 0.251 e. The highest BCUT2D eigenvalue weighted by atomic mass is 16.3. The Labute approximate surface area is 125 Å². The lowest BCUT2D eigenvalue weighted by Crippen LogP contribution is -2.29. The van der Waals surface area contributed by atoms with Crippen LogP contribution in [-0.2, 0) is 0 Å². The van der Waals surface area contributed by atoms with Gasteiger partial charge >= 0.3 is 0 Å². The molecule has 2 aromatic rings. The van der Waals surface area contributed by atoms with Crippen LogP contribution in [0.25, 0.3) is 10.9 Å². The minimum Gasteiger partial charge on any atom is -0.393 e. The van der Waals surface area contributed by atoms with Gasteiger partial charge in [0.2, 0.25) is 0 Å². The number of carbonyl (C=O) groups excluding carboxylic acids is 1. The molecule has 2 atom stereocenters. The highest BCUT2D eigenvalue weighted by Crippen LogP contribution is 2.22. The molecule has 1 aromatic carbocycles. The Balaban J connectivity index is 2.07. The lowest BCUT2D eigenvalue weighted by atomic mass is 10.0. The molecule has 1 aromatic heterocycles. The van der Waals surface area contributed by atoms with Crippen molar-refractivity contribution in [3.05, 3.63) is 35.0 Å². The summed E-state index contributed by atoms with van der Waals surface area (Å²) < 4.78 is 0. The molecule has 0 bridgehead atoms. The molecule has 21 heavy (non-hydrogen) atoms. The number of rotatable bonds is 5. The Morgan fingerprint density at radius 2 is 2.05 bits per heavy atom. The average molecular weight is 288 g/mol. The van der Waals surface area contributed by atoms with Gasteiger partial charge in [-0.25, -0.2) is 0 Å². The van der Waals surface area contributed by atoms with Gasteiger partial charge in [0.25, 0.3) is 5.91 Å². The first kappa shape index (κ1) is 15.6. The van der Waals surface area contributed by atoms with Gasteiger partial charge < -0.3 is 15.4 Å². The molecule has 2 rings (SSSR count). The topological polar surface area (TPSA) is 65.1 Å². The Hall–Kier alpha value is -1.81. The van der Waals surface area contributed by atoms with Crippen molar-refractivity contribution in [3.63, 3.8) is 0 Å². The van der Waals surface area contributed by atoms with Crippen LogP contribution >= 0.6 is 0 Å². The highest BCUT2D eigenvalue weighted by Gasteiger charge is 2.12. The zero-order valence-corrected chi connectivity index (χ0v) is 13.2. The van der Waals surface area contributed by atoms with Gasteiger partial charge in [-0.2, -0.15) is 0 Å². The van der Waals surface area contributed by atoms with Crippen molar-refractivity contribution in [2.75, 3.05) is 6.54 Å². The summed E-state index contributed by atoms with van der Waals surface area (Å²) in [5.41, 5.74) is 4.05. The summed E-state index contributed by atoms with van der Waals surface area (Å²) in [6.07, 6.45) is 0.355. The van der Waals surface area contributed by atoms with Crippen molar-refractivity contribution in [1.82, 2.24) is 10.3 Å². The lowest BCUT2D eigenvalue weighted by molar-refractivity contribution is 0.0939. The number of aryl methyl sites for hydroxylation is 2. The van der Waals surface area contributed by atoms with Crippen LogP contribution in [0.5, 0.6) is 0 Å². The Kier molecular flexibility index (Phi) is 4.68. The summed E-state index contributed by atoms with van der Waals surface area (Å²) in [7, 11) is 0. The normalized spacial score (nSPS) is 14.1. The zero-order valence-electron chi connectivity index (χ0n) is 13.2. The van der Waals surface area contributed by atoms with E-state index in [1.165, 1.54) is 5.56 Å². The predicted octanol–water partition coefficient (Wildman–Crippen LogP) is 2.92. The predicted molar refractivity (Wildman–Crippen MR) is 85.6 cm³/mol. The first-order valence-corrected chi connectivity index (χ1v) is 7.43. The molecule has 0 saturated heterocycles. The van der Waals surface area contributed by atoms with Gasteiger partial charge in [0.05, 0.1) is 6.10 Å². The van der Waals surface area contributed by atoms with Crippen LogP contribution in [0.15, 0.2) is 18.2 Å². The molecule has 0 saturated carbocycles. The van der Waals surface area contributed by atoms with Crippen LogP contribution in [-0.4, -0.2) is 28.6 Å². The van der Waals surface area contributed by atoms with Crippen molar-refractivity contribution >= 4 is 16.8 Å². The van der Waals surface area contributed by atoms with E-state index in [1.54, 1.807) is 6.92 Å². The van der Waals surface area contributed by atoms with E-state index in [-0.39, 0.29) is 17.9 Å². The van der Waals surface area contributed by atoms with Gasteiger partial charge in [-0.3, -0.25) is 4.79 Å². The number of nitrogens with one attached hydrogen (secondary N) is 2. The number of amides is 1. The van der Waals surface area contributed by atoms with E-state index >= 15 is 0 Å². The van der Waals surface area contributed by atoms with Crippen LogP contribution in [0.2, 0.25) is 0 Å². The van der Waals surface area contributed by atoms with E-state index < -0.39 is 0 Å². The molecule has 4 heteroatoms. The zero-order chi connectivity index (χ0) is 15.6. The van der Waals surface area contributed by atoms with Gasteiger partial charge in [0.15, 0.2) is 0 Å². The first-order valence-electron chi connectivity index (χ1n) is 7.43. The van der Waals surface area contributed by atoms with Crippen LogP contribution in [0.3, 0.4) is 0 Å². The van der Waals surface area contributed by atoms with Crippen LogP contribution < -0.4 is 5.32 Å². The third-order valence-corrected chi connectivity index (χ3v) is 3.92. The molecule has 0 fully saturated rings.